The number of nitrogens with zero attached hydrogens (tertiary/aromatic N) is 1. The first-order chi connectivity index (χ1) is 11.7. The van der Waals surface area contributed by atoms with Crippen molar-refractivity contribution in [3.05, 3.63) is 53.5 Å². The molecule has 1 heterocycles. The number of carbonyl (C=O) groups excluding carboxylic acids is 1. The molecule has 1 saturated carbocycles. The molecular formula is C19H20FNO3. The predicted octanol–water partition coefficient (Wildman–Crippen LogP) is 4.85. The quantitative estimate of drug-likeness (QED) is 0.736. The first-order valence-electron chi connectivity index (χ1n) is 8.28. The Labute approximate surface area is 140 Å². The van der Waals surface area contributed by atoms with Gasteiger partial charge in [0.1, 0.15) is 5.75 Å². The Hall–Kier alpha value is -2.43. The zero-order chi connectivity index (χ0) is 16.9. The third kappa shape index (κ3) is 3.72. The molecule has 1 aromatic heterocycles. The van der Waals surface area contributed by atoms with E-state index >= 15 is 0 Å². The summed E-state index contributed by atoms with van der Waals surface area (Å²) in [5.74, 6) is -0.307. The van der Waals surface area contributed by atoms with Gasteiger partial charge in [-0.1, -0.05) is 25.0 Å². The standard InChI is InChI=1S/C19H20FNO3/c1-2-23-19(22)15-11-17(20)18(21-12-15)24-16-9-7-14(8-10-16)13-5-3-4-6-13/h7-13H,2-6H2,1H3. The van der Waals surface area contributed by atoms with Crippen LogP contribution in [0.1, 0.15) is 54.4 Å². The molecule has 3 rings (SSSR count). The second-order valence-electron chi connectivity index (χ2n) is 5.88. The molecule has 0 atom stereocenters. The molecule has 0 amide bonds. The van der Waals surface area contributed by atoms with Gasteiger partial charge in [-0.2, -0.15) is 0 Å². The van der Waals surface area contributed by atoms with Crippen LogP contribution < -0.4 is 4.74 Å². The van der Waals surface area contributed by atoms with Crippen molar-refractivity contribution in [1.82, 2.24) is 4.98 Å². The maximum Gasteiger partial charge on any atom is 0.339 e. The molecule has 0 N–H and O–H groups in total. The number of hydrogen-bond acceptors (Lipinski definition) is 4. The Balaban J connectivity index is 1.70. The molecule has 5 heteroatoms. The van der Waals surface area contributed by atoms with Crippen LogP contribution in [0.4, 0.5) is 4.39 Å². The summed E-state index contributed by atoms with van der Waals surface area (Å²) in [5.41, 5.74) is 1.37. The normalized spacial score (nSPS) is 14.6. The molecule has 0 saturated heterocycles. The lowest BCUT2D eigenvalue weighted by molar-refractivity contribution is 0.0525. The maximum atomic E-state index is 14.1. The van der Waals surface area contributed by atoms with Gasteiger partial charge < -0.3 is 9.47 Å². The van der Waals surface area contributed by atoms with Crippen LogP contribution in [0.15, 0.2) is 36.5 Å². The predicted molar refractivity (Wildman–Crippen MR) is 87.9 cm³/mol. The lowest BCUT2D eigenvalue weighted by atomic mass is 9.98. The summed E-state index contributed by atoms with van der Waals surface area (Å²) in [6, 6.07) is 8.78. The Morgan fingerprint density at radius 2 is 1.96 bits per heavy atom. The Morgan fingerprint density at radius 1 is 1.25 bits per heavy atom. The molecule has 0 spiro atoms. The van der Waals surface area contributed by atoms with E-state index in [1.807, 2.05) is 24.3 Å². The van der Waals surface area contributed by atoms with E-state index in [1.54, 1.807) is 6.92 Å². The molecule has 0 radical (unpaired) electrons. The maximum absolute atomic E-state index is 14.1. The number of aromatic nitrogens is 1. The van der Waals surface area contributed by atoms with E-state index in [1.165, 1.54) is 37.4 Å². The highest BCUT2D eigenvalue weighted by Gasteiger charge is 2.17. The first kappa shape index (κ1) is 16.4. The van der Waals surface area contributed by atoms with E-state index in [0.29, 0.717) is 11.7 Å². The van der Waals surface area contributed by atoms with Gasteiger partial charge in [-0.05, 0) is 49.4 Å². The monoisotopic (exact) mass is 329 g/mol. The van der Waals surface area contributed by atoms with Crippen molar-refractivity contribution < 1.29 is 18.7 Å². The highest BCUT2D eigenvalue weighted by Crippen LogP contribution is 2.35. The third-order valence-electron chi connectivity index (χ3n) is 4.24. The van der Waals surface area contributed by atoms with Gasteiger partial charge in [-0.25, -0.2) is 14.2 Å². The minimum Gasteiger partial charge on any atom is -0.462 e. The molecule has 1 fully saturated rings. The Kier molecular flexibility index (Phi) is 5.08. The third-order valence-corrected chi connectivity index (χ3v) is 4.24. The molecule has 4 nitrogen and oxygen atoms in total. The molecule has 2 aromatic rings. The zero-order valence-electron chi connectivity index (χ0n) is 13.6. The minimum absolute atomic E-state index is 0.0679. The van der Waals surface area contributed by atoms with E-state index in [4.69, 9.17) is 9.47 Å². The van der Waals surface area contributed by atoms with E-state index in [9.17, 15) is 9.18 Å². The van der Waals surface area contributed by atoms with Gasteiger partial charge in [0.25, 0.3) is 5.88 Å². The van der Waals surface area contributed by atoms with E-state index in [2.05, 4.69) is 4.98 Å². The molecule has 126 valence electrons. The molecule has 1 aromatic carbocycles. The number of benzene rings is 1. The average molecular weight is 329 g/mol. The largest absolute Gasteiger partial charge is 0.462 e. The van der Waals surface area contributed by atoms with Crippen LogP contribution >= 0.6 is 0 Å². The van der Waals surface area contributed by atoms with Crippen LogP contribution in [0.25, 0.3) is 0 Å². The second kappa shape index (κ2) is 7.43. The molecule has 0 bridgehead atoms. The number of carbonyl (C=O) groups is 1. The molecule has 0 unspecified atom stereocenters. The van der Waals surface area contributed by atoms with Crippen molar-refractivity contribution in [2.45, 2.75) is 38.5 Å². The first-order valence-corrected chi connectivity index (χ1v) is 8.28. The molecule has 1 aliphatic carbocycles. The lowest BCUT2D eigenvalue weighted by Crippen LogP contribution is -2.06. The fourth-order valence-corrected chi connectivity index (χ4v) is 3.01. The van der Waals surface area contributed by atoms with Crippen molar-refractivity contribution in [2.75, 3.05) is 6.61 Å². The summed E-state index contributed by atoms with van der Waals surface area (Å²) in [4.78, 5) is 15.4. The smallest absolute Gasteiger partial charge is 0.339 e. The topological polar surface area (TPSA) is 48.4 Å². The SMILES string of the molecule is CCOC(=O)c1cnc(Oc2ccc(C3CCCC3)cc2)c(F)c1. The van der Waals surface area contributed by atoms with Gasteiger partial charge in [0.15, 0.2) is 5.82 Å². The number of pyridine rings is 1. The van der Waals surface area contributed by atoms with E-state index < -0.39 is 11.8 Å². The highest BCUT2D eigenvalue weighted by atomic mass is 19.1. The van der Waals surface area contributed by atoms with Crippen LogP contribution in [-0.4, -0.2) is 17.6 Å². The Morgan fingerprint density at radius 3 is 2.58 bits per heavy atom. The van der Waals surface area contributed by atoms with E-state index in [-0.39, 0.29) is 18.1 Å². The molecular weight excluding hydrogens is 309 g/mol. The zero-order valence-corrected chi connectivity index (χ0v) is 13.6. The van der Waals surface area contributed by atoms with Gasteiger partial charge in [0.05, 0.1) is 12.2 Å². The fourth-order valence-electron chi connectivity index (χ4n) is 3.01. The number of hydrogen-bond donors (Lipinski definition) is 0. The van der Waals surface area contributed by atoms with Gasteiger partial charge in [0.2, 0.25) is 0 Å². The number of rotatable bonds is 5. The molecule has 0 aliphatic heterocycles. The lowest BCUT2D eigenvalue weighted by Gasteiger charge is -2.11. The van der Waals surface area contributed by atoms with Gasteiger partial charge in [-0.3, -0.25) is 0 Å². The minimum atomic E-state index is -0.694. The summed E-state index contributed by atoms with van der Waals surface area (Å²) in [5, 5.41) is 0. The van der Waals surface area contributed by atoms with Gasteiger partial charge >= 0.3 is 5.97 Å². The second-order valence-corrected chi connectivity index (χ2v) is 5.88. The van der Waals surface area contributed by atoms with Gasteiger partial charge in [0, 0.05) is 6.20 Å². The number of ether oxygens (including phenoxy) is 2. The highest BCUT2D eigenvalue weighted by molar-refractivity contribution is 5.89. The van der Waals surface area contributed by atoms with E-state index in [0.717, 1.165) is 6.07 Å². The van der Waals surface area contributed by atoms with Crippen LogP contribution in [0.5, 0.6) is 11.6 Å². The van der Waals surface area contributed by atoms with Crippen LogP contribution in [0.3, 0.4) is 0 Å². The average Bonchev–Trinajstić information content (AvgIpc) is 3.12. The van der Waals surface area contributed by atoms with Gasteiger partial charge in [-0.15, -0.1) is 0 Å². The van der Waals surface area contributed by atoms with Crippen LogP contribution in [0.2, 0.25) is 0 Å². The van der Waals surface area contributed by atoms with Crippen molar-refractivity contribution in [1.29, 1.82) is 0 Å². The summed E-state index contributed by atoms with van der Waals surface area (Å²) in [6.45, 7) is 1.92. The number of esters is 1. The number of halogens is 1. The Bertz CT molecular complexity index is 709. The summed E-state index contributed by atoms with van der Waals surface area (Å²) in [7, 11) is 0. The van der Waals surface area contributed by atoms with Crippen molar-refractivity contribution >= 4 is 5.97 Å². The van der Waals surface area contributed by atoms with Crippen LogP contribution in [-0.2, 0) is 4.74 Å². The molecule has 1 aliphatic rings. The van der Waals surface area contributed by atoms with Crippen LogP contribution in [0, 0.1) is 5.82 Å². The van der Waals surface area contributed by atoms with Crippen molar-refractivity contribution in [3.8, 4) is 11.6 Å². The fraction of sp³-hybridized carbons (Fsp3) is 0.368. The van der Waals surface area contributed by atoms with Crippen molar-refractivity contribution in [3.63, 3.8) is 0 Å². The molecule has 24 heavy (non-hydrogen) atoms. The summed E-state index contributed by atoms with van der Waals surface area (Å²) < 4.78 is 24.4. The summed E-state index contributed by atoms with van der Waals surface area (Å²) >= 11 is 0. The summed E-state index contributed by atoms with van der Waals surface area (Å²) in [6.07, 6.45) is 6.27. The van der Waals surface area contributed by atoms with Crippen molar-refractivity contribution in [2.24, 2.45) is 0 Å².